The SMILES string of the molecule is Cc1ccccc1C(=O)N(CO)OC(C)C. The molecule has 88 valence electrons. The zero-order valence-corrected chi connectivity index (χ0v) is 9.80. The van der Waals surface area contributed by atoms with Crippen LogP contribution in [-0.2, 0) is 4.84 Å². The molecular weight excluding hydrogens is 206 g/mol. The Morgan fingerprint density at radius 2 is 2.06 bits per heavy atom. The molecule has 1 aromatic rings. The number of amides is 1. The van der Waals surface area contributed by atoms with Gasteiger partial charge < -0.3 is 5.11 Å². The molecule has 1 rings (SSSR count). The van der Waals surface area contributed by atoms with Gasteiger partial charge in [0.15, 0.2) is 0 Å². The average molecular weight is 223 g/mol. The van der Waals surface area contributed by atoms with Gasteiger partial charge in [0, 0.05) is 5.56 Å². The van der Waals surface area contributed by atoms with Crippen molar-refractivity contribution in [3.63, 3.8) is 0 Å². The minimum absolute atomic E-state index is 0.153. The van der Waals surface area contributed by atoms with E-state index in [1.165, 1.54) is 0 Å². The number of carbonyl (C=O) groups excluding carboxylic acids is 1. The van der Waals surface area contributed by atoms with Gasteiger partial charge in [-0.2, -0.15) is 5.06 Å². The zero-order valence-electron chi connectivity index (χ0n) is 9.80. The molecule has 0 heterocycles. The summed E-state index contributed by atoms with van der Waals surface area (Å²) in [7, 11) is 0. The highest BCUT2D eigenvalue weighted by Crippen LogP contribution is 2.11. The lowest BCUT2D eigenvalue weighted by atomic mass is 10.1. The Morgan fingerprint density at radius 1 is 1.44 bits per heavy atom. The van der Waals surface area contributed by atoms with Crippen molar-refractivity contribution in [3.05, 3.63) is 35.4 Å². The molecule has 16 heavy (non-hydrogen) atoms. The Hall–Kier alpha value is -1.39. The largest absolute Gasteiger partial charge is 0.374 e. The second kappa shape index (κ2) is 5.63. The van der Waals surface area contributed by atoms with E-state index in [2.05, 4.69) is 0 Å². The predicted octanol–water partition coefficient (Wildman–Crippen LogP) is 1.73. The number of aliphatic hydroxyl groups is 1. The lowest BCUT2D eigenvalue weighted by Crippen LogP contribution is -2.34. The number of hydrogen-bond donors (Lipinski definition) is 1. The molecule has 0 aromatic heterocycles. The Balaban J connectivity index is 2.87. The van der Waals surface area contributed by atoms with Crippen molar-refractivity contribution in [1.29, 1.82) is 0 Å². The molecule has 0 aliphatic carbocycles. The molecule has 1 N–H and O–H groups in total. The standard InChI is InChI=1S/C12H17NO3/c1-9(2)16-13(8-14)12(15)11-7-5-4-6-10(11)3/h4-7,9,14H,8H2,1-3H3. The number of aryl methyl sites for hydroxylation is 1. The summed E-state index contributed by atoms with van der Waals surface area (Å²) in [4.78, 5) is 17.2. The highest BCUT2D eigenvalue weighted by atomic mass is 16.7. The van der Waals surface area contributed by atoms with Gasteiger partial charge in [-0.3, -0.25) is 9.63 Å². The van der Waals surface area contributed by atoms with Gasteiger partial charge in [0.1, 0.15) is 6.73 Å². The van der Waals surface area contributed by atoms with Crippen LogP contribution in [0.3, 0.4) is 0 Å². The van der Waals surface area contributed by atoms with Gasteiger partial charge >= 0.3 is 0 Å². The van der Waals surface area contributed by atoms with Gasteiger partial charge in [-0.05, 0) is 32.4 Å². The second-order valence-electron chi connectivity index (χ2n) is 3.79. The van der Waals surface area contributed by atoms with Crippen molar-refractivity contribution in [1.82, 2.24) is 5.06 Å². The van der Waals surface area contributed by atoms with E-state index in [1.54, 1.807) is 26.0 Å². The molecule has 0 aliphatic rings. The van der Waals surface area contributed by atoms with E-state index in [9.17, 15) is 4.79 Å². The zero-order chi connectivity index (χ0) is 12.1. The van der Waals surface area contributed by atoms with Crippen LogP contribution in [0.25, 0.3) is 0 Å². The minimum Gasteiger partial charge on any atom is -0.374 e. The number of nitrogens with zero attached hydrogens (tertiary/aromatic N) is 1. The average Bonchev–Trinajstić information content (AvgIpc) is 2.25. The molecule has 0 bridgehead atoms. The molecule has 1 amide bonds. The van der Waals surface area contributed by atoms with E-state index in [-0.39, 0.29) is 12.0 Å². The molecule has 4 nitrogen and oxygen atoms in total. The first-order valence-electron chi connectivity index (χ1n) is 5.21. The highest BCUT2D eigenvalue weighted by Gasteiger charge is 2.18. The van der Waals surface area contributed by atoms with Crippen molar-refractivity contribution in [2.45, 2.75) is 26.9 Å². The van der Waals surface area contributed by atoms with E-state index < -0.39 is 6.73 Å². The topological polar surface area (TPSA) is 49.8 Å². The Bertz CT molecular complexity index is 363. The molecule has 0 fully saturated rings. The summed E-state index contributed by atoms with van der Waals surface area (Å²) in [6, 6.07) is 7.20. The monoisotopic (exact) mass is 223 g/mol. The van der Waals surface area contributed by atoms with Crippen LogP contribution >= 0.6 is 0 Å². The number of aliphatic hydroxyl groups excluding tert-OH is 1. The van der Waals surface area contributed by atoms with Gasteiger partial charge in [0.2, 0.25) is 0 Å². The lowest BCUT2D eigenvalue weighted by Gasteiger charge is -2.22. The minimum atomic E-state index is -0.453. The Morgan fingerprint density at radius 3 is 2.56 bits per heavy atom. The quantitative estimate of drug-likeness (QED) is 0.624. The first kappa shape index (κ1) is 12.7. The Labute approximate surface area is 95.4 Å². The van der Waals surface area contributed by atoms with E-state index in [4.69, 9.17) is 9.94 Å². The molecule has 0 saturated heterocycles. The van der Waals surface area contributed by atoms with Crippen LogP contribution in [0.4, 0.5) is 0 Å². The first-order chi connectivity index (χ1) is 7.56. The van der Waals surface area contributed by atoms with Crippen LogP contribution in [0.1, 0.15) is 29.8 Å². The molecule has 0 saturated carbocycles. The lowest BCUT2D eigenvalue weighted by molar-refractivity contribution is -0.184. The highest BCUT2D eigenvalue weighted by molar-refractivity contribution is 5.94. The molecule has 4 heteroatoms. The van der Waals surface area contributed by atoms with E-state index >= 15 is 0 Å². The van der Waals surface area contributed by atoms with Crippen LogP contribution in [0.5, 0.6) is 0 Å². The molecule has 0 spiro atoms. The van der Waals surface area contributed by atoms with E-state index in [1.807, 2.05) is 19.1 Å². The summed E-state index contributed by atoms with van der Waals surface area (Å²) in [5, 5.41) is 10.0. The summed E-state index contributed by atoms with van der Waals surface area (Å²) in [5.74, 6) is -0.325. The third kappa shape index (κ3) is 3.05. The number of rotatable bonds is 4. The van der Waals surface area contributed by atoms with E-state index in [0.29, 0.717) is 5.56 Å². The fourth-order valence-corrected chi connectivity index (χ4v) is 1.35. The molecule has 0 atom stereocenters. The molecule has 0 aliphatic heterocycles. The summed E-state index contributed by atoms with van der Waals surface area (Å²) >= 11 is 0. The normalized spacial score (nSPS) is 10.6. The summed E-state index contributed by atoms with van der Waals surface area (Å²) < 4.78 is 0. The molecule has 0 radical (unpaired) electrons. The van der Waals surface area contributed by atoms with Crippen molar-refractivity contribution < 1.29 is 14.7 Å². The fraction of sp³-hybridized carbons (Fsp3) is 0.417. The van der Waals surface area contributed by atoms with Gasteiger partial charge in [-0.1, -0.05) is 18.2 Å². The molecule has 0 unspecified atom stereocenters. The maximum atomic E-state index is 12.0. The van der Waals surface area contributed by atoms with E-state index in [0.717, 1.165) is 10.6 Å². The van der Waals surface area contributed by atoms with Crippen LogP contribution in [0.15, 0.2) is 24.3 Å². The van der Waals surface area contributed by atoms with Crippen LogP contribution in [0, 0.1) is 6.92 Å². The fourth-order valence-electron chi connectivity index (χ4n) is 1.35. The van der Waals surface area contributed by atoms with Gasteiger partial charge in [-0.15, -0.1) is 0 Å². The summed E-state index contributed by atoms with van der Waals surface area (Å²) in [5.41, 5.74) is 1.40. The van der Waals surface area contributed by atoms with Crippen molar-refractivity contribution >= 4 is 5.91 Å². The predicted molar refractivity (Wildman–Crippen MR) is 60.7 cm³/mol. The Kier molecular flexibility index (Phi) is 4.46. The van der Waals surface area contributed by atoms with Gasteiger partial charge in [-0.25, -0.2) is 0 Å². The second-order valence-corrected chi connectivity index (χ2v) is 3.79. The van der Waals surface area contributed by atoms with Crippen molar-refractivity contribution in [2.75, 3.05) is 6.73 Å². The maximum absolute atomic E-state index is 12.0. The van der Waals surface area contributed by atoms with Crippen molar-refractivity contribution in [3.8, 4) is 0 Å². The summed E-state index contributed by atoms with van der Waals surface area (Å²) in [6.45, 7) is 4.99. The molecule has 1 aromatic carbocycles. The third-order valence-corrected chi connectivity index (χ3v) is 2.07. The van der Waals surface area contributed by atoms with Crippen LogP contribution < -0.4 is 0 Å². The number of benzene rings is 1. The molecular formula is C12H17NO3. The third-order valence-electron chi connectivity index (χ3n) is 2.07. The first-order valence-corrected chi connectivity index (χ1v) is 5.21. The number of hydrogen-bond acceptors (Lipinski definition) is 3. The van der Waals surface area contributed by atoms with Crippen LogP contribution in [0.2, 0.25) is 0 Å². The maximum Gasteiger partial charge on any atom is 0.279 e. The van der Waals surface area contributed by atoms with Crippen molar-refractivity contribution in [2.24, 2.45) is 0 Å². The number of carbonyl (C=O) groups is 1. The van der Waals surface area contributed by atoms with Gasteiger partial charge in [0.25, 0.3) is 5.91 Å². The summed E-state index contributed by atoms with van der Waals surface area (Å²) in [6.07, 6.45) is -0.153. The van der Waals surface area contributed by atoms with Crippen LogP contribution in [-0.4, -0.2) is 28.9 Å². The smallest absolute Gasteiger partial charge is 0.279 e. The number of hydroxylamine groups is 2. The van der Waals surface area contributed by atoms with Gasteiger partial charge in [0.05, 0.1) is 6.10 Å².